The second kappa shape index (κ2) is 5.80. The molecule has 2 rings (SSSR count). The van der Waals surface area contributed by atoms with Crippen molar-refractivity contribution in [3.63, 3.8) is 0 Å². The minimum Gasteiger partial charge on any atom is -0.303 e. The number of rotatable bonds is 5. The molecule has 2 heterocycles. The molecule has 2 unspecified atom stereocenters. The minimum atomic E-state index is 0.420. The summed E-state index contributed by atoms with van der Waals surface area (Å²) < 4.78 is 0. The Hall–Kier alpha value is -0.640. The first-order chi connectivity index (χ1) is 8.20. The average Bonchev–Trinajstić information content (AvgIpc) is 3.00. The van der Waals surface area contributed by atoms with Crippen molar-refractivity contribution >= 4 is 22.7 Å². The lowest BCUT2D eigenvalue weighted by atomic mass is 10.1. The largest absolute Gasteiger partial charge is 0.303 e. The van der Waals surface area contributed by atoms with Crippen molar-refractivity contribution in [3.8, 4) is 0 Å². The van der Waals surface area contributed by atoms with Crippen LogP contribution in [0, 0.1) is 0 Å². The normalized spacial score (nSPS) is 14.8. The van der Waals surface area contributed by atoms with Crippen LogP contribution in [0.2, 0.25) is 0 Å². The Morgan fingerprint density at radius 3 is 2.59 bits per heavy atom. The number of nitrogens with one attached hydrogen (secondary N) is 1. The molecule has 0 aliphatic carbocycles. The van der Waals surface area contributed by atoms with E-state index in [4.69, 9.17) is 0 Å². The van der Waals surface area contributed by atoms with Crippen molar-refractivity contribution in [3.05, 3.63) is 44.3 Å². The third kappa shape index (κ3) is 3.18. The lowest BCUT2D eigenvalue weighted by Crippen LogP contribution is -2.21. The Bertz CT molecular complexity index is 444. The highest BCUT2D eigenvalue weighted by Gasteiger charge is 2.12. The highest BCUT2D eigenvalue weighted by atomic mass is 32.1. The van der Waals surface area contributed by atoms with E-state index in [9.17, 15) is 0 Å². The summed E-state index contributed by atoms with van der Waals surface area (Å²) in [6.07, 6.45) is 1.14. The highest BCUT2D eigenvalue weighted by molar-refractivity contribution is 7.12. The van der Waals surface area contributed by atoms with E-state index in [1.54, 1.807) is 11.3 Å². The quantitative estimate of drug-likeness (QED) is 0.820. The highest BCUT2D eigenvalue weighted by Crippen LogP contribution is 2.26. The first-order valence-electron chi connectivity index (χ1n) is 6.07. The molecule has 0 amide bonds. The zero-order valence-electron chi connectivity index (χ0n) is 10.6. The van der Waals surface area contributed by atoms with Crippen LogP contribution in [-0.2, 0) is 6.42 Å². The van der Waals surface area contributed by atoms with Crippen molar-refractivity contribution in [1.29, 1.82) is 0 Å². The number of hydrogen-bond donors (Lipinski definition) is 1. The molecule has 1 N–H and O–H groups in total. The van der Waals surface area contributed by atoms with Gasteiger partial charge in [-0.2, -0.15) is 11.3 Å². The van der Waals surface area contributed by atoms with Crippen LogP contribution in [0.5, 0.6) is 0 Å². The van der Waals surface area contributed by atoms with E-state index in [1.807, 2.05) is 11.3 Å². The van der Waals surface area contributed by atoms with Gasteiger partial charge in [0.2, 0.25) is 0 Å². The van der Waals surface area contributed by atoms with Gasteiger partial charge in [-0.15, -0.1) is 11.3 Å². The SMILES string of the molecule is CCc1ccc(C(C)NC(C)c2ccsc2)s1. The first-order valence-corrected chi connectivity index (χ1v) is 7.83. The summed E-state index contributed by atoms with van der Waals surface area (Å²) in [6, 6.07) is 7.54. The Balaban J connectivity index is 1.99. The summed E-state index contributed by atoms with van der Waals surface area (Å²) in [5, 5.41) is 8.01. The van der Waals surface area contributed by atoms with E-state index < -0.39 is 0 Å². The Labute approximate surface area is 112 Å². The number of thiophene rings is 2. The summed E-state index contributed by atoms with van der Waals surface area (Å²) in [7, 11) is 0. The van der Waals surface area contributed by atoms with Crippen LogP contribution in [0.1, 0.15) is 48.2 Å². The molecule has 0 aliphatic heterocycles. The second-order valence-corrected chi connectivity index (χ2v) is 6.30. The van der Waals surface area contributed by atoms with Crippen LogP contribution in [0.3, 0.4) is 0 Å². The lowest BCUT2D eigenvalue weighted by molar-refractivity contribution is 0.501. The molecular formula is C14H19NS2. The van der Waals surface area contributed by atoms with E-state index in [0.717, 1.165) is 6.42 Å². The maximum Gasteiger partial charge on any atom is 0.0391 e. The van der Waals surface area contributed by atoms with Gasteiger partial charge in [0.25, 0.3) is 0 Å². The molecule has 0 saturated heterocycles. The maximum atomic E-state index is 3.65. The zero-order valence-corrected chi connectivity index (χ0v) is 12.2. The van der Waals surface area contributed by atoms with E-state index in [-0.39, 0.29) is 0 Å². The van der Waals surface area contributed by atoms with Crippen LogP contribution in [0.15, 0.2) is 29.0 Å². The van der Waals surface area contributed by atoms with Gasteiger partial charge in [-0.1, -0.05) is 6.92 Å². The molecule has 2 atom stereocenters. The predicted molar refractivity (Wildman–Crippen MR) is 78.0 cm³/mol. The molecule has 17 heavy (non-hydrogen) atoms. The molecule has 0 aromatic carbocycles. The predicted octanol–water partition coefficient (Wildman–Crippen LogP) is 4.78. The van der Waals surface area contributed by atoms with Gasteiger partial charge in [0, 0.05) is 21.8 Å². The topological polar surface area (TPSA) is 12.0 Å². The summed E-state index contributed by atoms with van der Waals surface area (Å²) in [6.45, 7) is 6.68. The molecule has 2 aromatic rings. The van der Waals surface area contributed by atoms with Gasteiger partial charge in [-0.25, -0.2) is 0 Å². The molecule has 0 bridgehead atoms. The molecule has 0 saturated carbocycles. The van der Waals surface area contributed by atoms with Gasteiger partial charge in [0.1, 0.15) is 0 Å². The molecule has 0 fully saturated rings. The Morgan fingerprint density at radius 2 is 2.00 bits per heavy atom. The molecule has 0 aliphatic rings. The van der Waals surface area contributed by atoms with Gasteiger partial charge in [-0.3, -0.25) is 0 Å². The van der Waals surface area contributed by atoms with Crippen molar-refractivity contribution in [2.75, 3.05) is 0 Å². The van der Waals surface area contributed by atoms with E-state index in [1.165, 1.54) is 15.3 Å². The van der Waals surface area contributed by atoms with E-state index in [0.29, 0.717) is 12.1 Å². The van der Waals surface area contributed by atoms with Crippen LogP contribution in [0.25, 0.3) is 0 Å². The van der Waals surface area contributed by atoms with Crippen LogP contribution < -0.4 is 5.32 Å². The molecule has 2 aromatic heterocycles. The van der Waals surface area contributed by atoms with Gasteiger partial charge < -0.3 is 5.32 Å². The van der Waals surface area contributed by atoms with Crippen LogP contribution >= 0.6 is 22.7 Å². The van der Waals surface area contributed by atoms with Crippen LogP contribution in [0.4, 0.5) is 0 Å². The summed E-state index contributed by atoms with van der Waals surface area (Å²) in [5.41, 5.74) is 1.38. The zero-order chi connectivity index (χ0) is 12.3. The summed E-state index contributed by atoms with van der Waals surface area (Å²) >= 11 is 3.68. The summed E-state index contributed by atoms with van der Waals surface area (Å²) in [5.74, 6) is 0. The summed E-state index contributed by atoms with van der Waals surface area (Å²) in [4.78, 5) is 2.90. The van der Waals surface area contributed by atoms with E-state index in [2.05, 4.69) is 55.0 Å². The van der Waals surface area contributed by atoms with Crippen molar-refractivity contribution < 1.29 is 0 Å². The third-order valence-corrected chi connectivity index (χ3v) is 5.11. The first kappa shape index (κ1) is 12.8. The second-order valence-electron chi connectivity index (χ2n) is 4.32. The van der Waals surface area contributed by atoms with Gasteiger partial charge in [0.15, 0.2) is 0 Å². The molecule has 1 nitrogen and oxygen atoms in total. The standard InChI is InChI=1S/C14H19NS2/c1-4-13-5-6-14(17-13)11(3)15-10(2)12-7-8-16-9-12/h5-11,15H,4H2,1-3H3. The molecule has 0 radical (unpaired) electrons. The molecule has 92 valence electrons. The van der Waals surface area contributed by atoms with Gasteiger partial charge >= 0.3 is 0 Å². The minimum absolute atomic E-state index is 0.420. The van der Waals surface area contributed by atoms with Crippen molar-refractivity contribution in [1.82, 2.24) is 5.32 Å². The van der Waals surface area contributed by atoms with Crippen molar-refractivity contribution in [2.45, 2.75) is 39.3 Å². The molecule has 0 spiro atoms. The van der Waals surface area contributed by atoms with Gasteiger partial charge in [-0.05, 0) is 54.8 Å². The molecule has 3 heteroatoms. The van der Waals surface area contributed by atoms with E-state index >= 15 is 0 Å². The van der Waals surface area contributed by atoms with Gasteiger partial charge in [0.05, 0.1) is 0 Å². The average molecular weight is 265 g/mol. The number of hydrogen-bond acceptors (Lipinski definition) is 3. The lowest BCUT2D eigenvalue weighted by Gasteiger charge is -2.18. The maximum absolute atomic E-state index is 3.65. The van der Waals surface area contributed by atoms with Crippen LogP contribution in [-0.4, -0.2) is 0 Å². The fraction of sp³-hybridized carbons (Fsp3) is 0.429. The monoisotopic (exact) mass is 265 g/mol. The van der Waals surface area contributed by atoms with Crippen molar-refractivity contribution in [2.24, 2.45) is 0 Å². The number of aryl methyl sites for hydroxylation is 1. The third-order valence-electron chi connectivity index (χ3n) is 3.00. The smallest absolute Gasteiger partial charge is 0.0391 e. The Kier molecular flexibility index (Phi) is 4.37. The fourth-order valence-electron chi connectivity index (χ4n) is 1.89. The fourth-order valence-corrected chi connectivity index (χ4v) is 3.61. The molecular weight excluding hydrogens is 246 g/mol. The Morgan fingerprint density at radius 1 is 1.18 bits per heavy atom.